The Morgan fingerprint density at radius 1 is 1.46 bits per heavy atom. The normalized spacial score (nSPS) is 13.7. The average Bonchev–Trinajstić information content (AvgIpc) is 2.61. The van der Waals surface area contributed by atoms with Crippen LogP contribution in [0.1, 0.15) is 30.7 Å². The Morgan fingerprint density at radius 2 is 2.31 bits per heavy atom. The Morgan fingerprint density at radius 3 is 3.00 bits per heavy atom. The van der Waals surface area contributed by atoms with E-state index in [4.69, 9.17) is 0 Å². The Hall–Kier alpha value is -0.380. The minimum atomic E-state index is -0.255. The van der Waals surface area contributed by atoms with Crippen molar-refractivity contribution < 1.29 is 5.11 Å². The van der Waals surface area contributed by atoms with Gasteiger partial charge < -0.3 is 5.11 Å². The van der Waals surface area contributed by atoms with Crippen molar-refractivity contribution in [2.24, 2.45) is 0 Å². The zero-order valence-electron chi connectivity index (χ0n) is 7.49. The van der Waals surface area contributed by atoms with Gasteiger partial charge in [0.15, 0.2) is 0 Å². The van der Waals surface area contributed by atoms with E-state index in [1.165, 1.54) is 9.40 Å². The van der Waals surface area contributed by atoms with Crippen LogP contribution in [0.4, 0.5) is 0 Å². The molecule has 2 aromatic heterocycles. The zero-order valence-corrected chi connectivity index (χ0v) is 9.12. The molecule has 13 heavy (non-hydrogen) atoms. The summed E-state index contributed by atoms with van der Waals surface area (Å²) in [4.78, 5) is 1.11. The minimum absolute atomic E-state index is 0.255. The molecule has 0 aliphatic rings. The highest BCUT2D eigenvalue weighted by molar-refractivity contribution is 7.26. The van der Waals surface area contributed by atoms with Gasteiger partial charge in [-0.1, -0.05) is 13.3 Å². The van der Waals surface area contributed by atoms with Gasteiger partial charge in [0.05, 0.1) is 6.10 Å². The van der Waals surface area contributed by atoms with Crippen LogP contribution in [0.5, 0.6) is 0 Å². The molecule has 0 aliphatic carbocycles. The third kappa shape index (κ3) is 1.77. The van der Waals surface area contributed by atoms with Gasteiger partial charge >= 0.3 is 0 Å². The lowest BCUT2D eigenvalue weighted by atomic mass is 10.2. The Bertz CT molecular complexity index is 360. The molecular weight excluding hydrogens is 200 g/mol. The summed E-state index contributed by atoms with van der Waals surface area (Å²) in [7, 11) is 0. The number of thiophene rings is 2. The fraction of sp³-hybridized carbons (Fsp3) is 0.400. The Labute approximate surface area is 85.6 Å². The lowest BCUT2D eigenvalue weighted by Gasteiger charge is -2.04. The molecule has 2 rings (SSSR count). The monoisotopic (exact) mass is 212 g/mol. The summed E-state index contributed by atoms with van der Waals surface area (Å²) in [6.07, 6.45) is 1.65. The van der Waals surface area contributed by atoms with E-state index in [1.807, 2.05) is 0 Å². The van der Waals surface area contributed by atoms with E-state index in [1.54, 1.807) is 22.7 Å². The van der Waals surface area contributed by atoms with Gasteiger partial charge in [0.1, 0.15) is 0 Å². The molecule has 0 radical (unpaired) electrons. The van der Waals surface area contributed by atoms with Gasteiger partial charge in [-0.25, -0.2) is 0 Å². The molecule has 0 aromatic carbocycles. The fourth-order valence-corrected chi connectivity index (χ4v) is 3.50. The second-order valence-corrected chi connectivity index (χ2v) is 5.17. The number of rotatable bonds is 3. The predicted octanol–water partition coefficient (Wildman–Crippen LogP) is 3.80. The fourth-order valence-electron chi connectivity index (χ4n) is 1.36. The van der Waals surface area contributed by atoms with E-state index >= 15 is 0 Å². The predicted molar refractivity (Wildman–Crippen MR) is 59.6 cm³/mol. The van der Waals surface area contributed by atoms with Gasteiger partial charge in [0.2, 0.25) is 0 Å². The van der Waals surface area contributed by atoms with Crippen LogP contribution >= 0.6 is 22.7 Å². The largest absolute Gasteiger partial charge is 0.388 e. The first-order valence-corrected chi connectivity index (χ1v) is 6.16. The van der Waals surface area contributed by atoms with Gasteiger partial charge in [-0.15, -0.1) is 22.7 Å². The van der Waals surface area contributed by atoms with Crippen LogP contribution in [-0.4, -0.2) is 5.11 Å². The average molecular weight is 212 g/mol. The Balaban J connectivity index is 2.28. The van der Waals surface area contributed by atoms with Crippen LogP contribution < -0.4 is 0 Å². The molecule has 2 aromatic rings. The highest BCUT2D eigenvalue weighted by Crippen LogP contribution is 2.34. The summed E-state index contributed by atoms with van der Waals surface area (Å²) in [5, 5.41) is 11.8. The lowest BCUT2D eigenvalue weighted by molar-refractivity contribution is 0.170. The third-order valence-electron chi connectivity index (χ3n) is 2.05. The van der Waals surface area contributed by atoms with Crippen LogP contribution in [0.15, 0.2) is 17.5 Å². The van der Waals surface area contributed by atoms with Crippen LogP contribution in [-0.2, 0) is 0 Å². The van der Waals surface area contributed by atoms with E-state index in [9.17, 15) is 5.11 Å². The maximum Gasteiger partial charge on any atom is 0.0882 e. The summed E-state index contributed by atoms with van der Waals surface area (Å²) >= 11 is 3.46. The molecule has 1 nitrogen and oxygen atoms in total. The van der Waals surface area contributed by atoms with Crippen LogP contribution in [0.3, 0.4) is 0 Å². The van der Waals surface area contributed by atoms with E-state index in [-0.39, 0.29) is 6.10 Å². The first-order valence-electron chi connectivity index (χ1n) is 4.46. The van der Waals surface area contributed by atoms with Crippen molar-refractivity contribution in [2.45, 2.75) is 25.9 Å². The summed E-state index contributed by atoms with van der Waals surface area (Å²) in [6, 6.07) is 4.23. The summed E-state index contributed by atoms with van der Waals surface area (Å²) in [6.45, 7) is 2.10. The van der Waals surface area contributed by atoms with Crippen molar-refractivity contribution in [3.05, 3.63) is 22.4 Å². The smallest absolute Gasteiger partial charge is 0.0882 e. The first kappa shape index (κ1) is 9.19. The SMILES string of the molecule is CCCC(O)c1cc2sccc2s1. The molecule has 0 aliphatic heterocycles. The summed E-state index contributed by atoms with van der Waals surface area (Å²) in [5.74, 6) is 0. The summed E-state index contributed by atoms with van der Waals surface area (Å²) < 4.78 is 2.60. The molecule has 70 valence electrons. The van der Waals surface area contributed by atoms with Crippen molar-refractivity contribution in [3.8, 4) is 0 Å². The molecule has 1 atom stereocenters. The second-order valence-electron chi connectivity index (χ2n) is 3.10. The van der Waals surface area contributed by atoms with Crippen molar-refractivity contribution >= 4 is 32.1 Å². The van der Waals surface area contributed by atoms with Crippen LogP contribution in [0, 0.1) is 0 Å². The van der Waals surface area contributed by atoms with Gasteiger partial charge in [-0.3, -0.25) is 0 Å². The topological polar surface area (TPSA) is 20.2 Å². The molecule has 0 spiro atoms. The van der Waals surface area contributed by atoms with E-state index in [2.05, 4.69) is 24.4 Å². The molecule has 1 unspecified atom stereocenters. The standard InChI is InChI=1S/C10H12OS2/c1-2-3-7(11)9-6-10-8(13-9)4-5-12-10/h4-7,11H,2-3H2,1H3. The van der Waals surface area contributed by atoms with Gasteiger partial charge in [0, 0.05) is 14.3 Å². The molecule has 1 N–H and O–H groups in total. The molecule has 0 amide bonds. The second kappa shape index (κ2) is 3.78. The minimum Gasteiger partial charge on any atom is -0.388 e. The number of aliphatic hydroxyl groups is 1. The molecule has 0 saturated heterocycles. The van der Waals surface area contributed by atoms with E-state index in [0.717, 1.165) is 17.7 Å². The molecule has 0 saturated carbocycles. The number of hydrogen-bond acceptors (Lipinski definition) is 3. The third-order valence-corrected chi connectivity index (χ3v) is 4.24. The number of hydrogen-bond donors (Lipinski definition) is 1. The van der Waals surface area contributed by atoms with Crippen molar-refractivity contribution in [1.29, 1.82) is 0 Å². The van der Waals surface area contributed by atoms with Gasteiger partial charge in [-0.2, -0.15) is 0 Å². The number of fused-ring (bicyclic) bond motifs is 1. The molecule has 0 bridgehead atoms. The molecule has 0 fully saturated rings. The first-order chi connectivity index (χ1) is 6.31. The Kier molecular flexibility index (Phi) is 2.67. The van der Waals surface area contributed by atoms with Crippen molar-refractivity contribution in [1.82, 2.24) is 0 Å². The summed E-state index contributed by atoms with van der Waals surface area (Å²) in [5.41, 5.74) is 0. The van der Waals surface area contributed by atoms with Crippen LogP contribution in [0.2, 0.25) is 0 Å². The zero-order chi connectivity index (χ0) is 9.26. The maximum absolute atomic E-state index is 9.75. The highest BCUT2D eigenvalue weighted by Gasteiger charge is 2.10. The van der Waals surface area contributed by atoms with Gasteiger partial charge in [-0.05, 0) is 23.9 Å². The molecule has 2 heterocycles. The van der Waals surface area contributed by atoms with E-state index < -0.39 is 0 Å². The molecular formula is C10H12OS2. The maximum atomic E-state index is 9.75. The van der Waals surface area contributed by atoms with Gasteiger partial charge in [0.25, 0.3) is 0 Å². The van der Waals surface area contributed by atoms with Crippen molar-refractivity contribution in [3.63, 3.8) is 0 Å². The quantitative estimate of drug-likeness (QED) is 0.820. The molecule has 3 heteroatoms. The van der Waals surface area contributed by atoms with Crippen molar-refractivity contribution in [2.75, 3.05) is 0 Å². The van der Waals surface area contributed by atoms with Crippen LogP contribution in [0.25, 0.3) is 9.40 Å². The highest BCUT2D eigenvalue weighted by atomic mass is 32.1. The van der Waals surface area contributed by atoms with E-state index in [0.29, 0.717) is 0 Å². The lowest BCUT2D eigenvalue weighted by Crippen LogP contribution is -1.91. The number of aliphatic hydroxyl groups excluding tert-OH is 1.